The van der Waals surface area contributed by atoms with Crippen molar-refractivity contribution in [1.29, 1.82) is 0 Å². The molecule has 18 heavy (non-hydrogen) atoms. The van der Waals surface area contributed by atoms with E-state index in [0.29, 0.717) is 16.9 Å². The predicted octanol–water partition coefficient (Wildman–Crippen LogP) is 4.14. The van der Waals surface area contributed by atoms with E-state index < -0.39 is 5.82 Å². The van der Waals surface area contributed by atoms with Crippen LogP contribution in [0, 0.1) is 18.2 Å². The van der Waals surface area contributed by atoms with E-state index in [2.05, 4.69) is 5.92 Å². The molecule has 90 valence electrons. The van der Waals surface area contributed by atoms with Gasteiger partial charge >= 0.3 is 0 Å². The van der Waals surface area contributed by atoms with Crippen molar-refractivity contribution in [2.75, 3.05) is 7.11 Å². The fourth-order valence-corrected chi connectivity index (χ4v) is 1.80. The summed E-state index contributed by atoms with van der Waals surface area (Å²) >= 11 is 5.66. The Bertz CT molecular complexity index is 629. The first-order valence-electron chi connectivity index (χ1n) is 5.26. The topological polar surface area (TPSA) is 9.23 Å². The maximum Gasteiger partial charge on any atom is 0.142 e. The average Bonchev–Trinajstić information content (AvgIpc) is 2.41. The molecule has 0 aromatic heterocycles. The lowest BCUT2D eigenvalue weighted by molar-refractivity contribution is 0.416. The number of rotatable bonds is 2. The number of benzene rings is 2. The Kier molecular flexibility index (Phi) is 3.55. The predicted molar refractivity (Wildman–Crippen MR) is 71.3 cm³/mol. The van der Waals surface area contributed by atoms with Crippen LogP contribution in [0.15, 0.2) is 36.4 Å². The van der Waals surface area contributed by atoms with Gasteiger partial charge in [0.05, 0.1) is 12.1 Å². The molecule has 0 saturated heterocycles. The van der Waals surface area contributed by atoms with Crippen LogP contribution in [0.2, 0.25) is 5.02 Å². The molecular formula is C15H10ClFO. The van der Waals surface area contributed by atoms with Crippen molar-refractivity contribution in [3.63, 3.8) is 0 Å². The van der Waals surface area contributed by atoms with E-state index >= 15 is 0 Å². The molecule has 0 aliphatic carbocycles. The van der Waals surface area contributed by atoms with Crippen LogP contribution in [0.3, 0.4) is 0 Å². The Morgan fingerprint density at radius 1 is 1.22 bits per heavy atom. The Morgan fingerprint density at radius 2 is 2.00 bits per heavy atom. The Labute approximate surface area is 110 Å². The number of terminal acetylenes is 1. The molecule has 0 heterocycles. The van der Waals surface area contributed by atoms with Crippen LogP contribution in [0.25, 0.3) is 11.1 Å². The summed E-state index contributed by atoms with van der Waals surface area (Å²) in [5.74, 6) is 2.70. The molecule has 2 rings (SSSR count). The van der Waals surface area contributed by atoms with Gasteiger partial charge < -0.3 is 4.74 Å². The monoisotopic (exact) mass is 260 g/mol. The number of ether oxygens (including phenoxy) is 1. The summed E-state index contributed by atoms with van der Waals surface area (Å²) < 4.78 is 18.7. The fourth-order valence-electron chi connectivity index (χ4n) is 1.69. The van der Waals surface area contributed by atoms with Crippen LogP contribution in [-0.4, -0.2) is 7.11 Å². The van der Waals surface area contributed by atoms with Crippen molar-refractivity contribution in [1.82, 2.24) is 0 Å². The first-order valence-corrected chi connectivity index (χ1v) is 5.63. The summed E-state index contributed by atoms with van der Waals surface area (Å²) in [5, 5.41) is 0.0887. The van der Waals surface area contributed by atoms with Gasteiger partial charge in [0.15, 0.2) is 0 Å². The number of hydrogen-bond donors (Lipinski definition) is 0. The molecule has 0 bridgehead atoms. The van der Waals surface area contributed by atoms with E-state index in [4.69, 9.17) is 22.8 Å². The number of hydrogen-bond acceptors (Lipinski definition) is 1. The van der Waals surface area contributed by atoms with Gasteiger partial charge in [0.1, 0.15) is 11.6 Å². The Balaban J connectivity index is 2.61. The normalized spacial score (nSPS) is 9.89. The third kappa shape index (κ3) is 2.32. The van der Waals surface area contributed by atoms with Crippen LogP contribution in [-0.2, 0) is 0 Å². The molecule has 1 nitrogen and oxygen atoms in total. The van der Waals surface area contributed by atoms with Crippen LogP contribution < -0.4 is 4.74 Å². The first kappa shape index (κ1) is 12.5. The lowest BCUT2D eigenvalue weighted by Gasteiger charge is -2.09. The SMILES string of the molecule is C#Cc1ccc(OC)c(-c2ccc(Cl)c(F)c2)c1. The highest BCUT2D eigenvalue weighted by Gasteiger charge is 2.09. The van der Waals surface area contributed by atoms with Gasteiger partial charge in [-0.15, -0.1) is 6.42 Å². The second kappa shape index (κ2) is 5.12. The molecule has 0 fully saturated rings. The van der Waals surface area contributed by atoms with E-state index in [1.165, 1.54) is 12.1 Å². The number of methoxy groups -OCH3 is 1. The van der Waals surface area contributed by atoms with Gasteiger partial charge in [-0.2, -0.15) is 0 Å². The van der Waals surface area contributed by atoms with Crippen LogP contribution in [0.1, 0.15) is 5.56 Å². The molecule has 2 aromatic carbocycles. The minimum atomic E-state index is -0.470. The smallest absolute Gasteiger partial charge is 0.142 e. The second-order valence-electron chi connectivity index (χ2n) is 3.69. The summed E-state index contributed by atoms with van der Waals surface area (Å²) in [5.41, 5.74) is 2.12. The van der Waals surface area contributed by atoms with Gasteiger partial charge in [-0.1, -0.05) is 23.6 Å². The fraction of sp³-hybridized carbons (Fsp3) is 0.0667. The highest BCUT2D eigenvalue weighted by Crippen LogP contribution is 2.32. The van der Waals surface area contributed by atoms with E-state index in [9.17, 15) is 4.39 Å². The summed E-state index contributed by atoms with van der Waals surface area (Å²) in [6.07, 6.45) is 5.36. The first-order chi connectivity index (χ1) is 8.65. The third-order valence-electron chi connectivity index (χ3n) is 2.60. The van der Waals surface area contributed by atoms with Crippen molar-refractivity contribution in [3.05, 3.63) is 52.8 Å². The molecule has 3 heteroatoms. The molecule has 0 saturated carbocycles. The van der Waals surface area contributed by atoms with E-state index in [0.717, 1.165) is 5.56 Å². The van der Waals surface area contributed by atoms with Crippen molar-refractivity contribution in [3.8, 4) is 29.2 Å². The molecule has 0 radical (unpaired) electrons. The van der Waals surface area contributed by atoms with Gasteiger partial charge in [-0.3, -0.25) is 0 Å². The maximum atomic E-state index is 13.5. The van der Waals surface area contributed by atoms with Gasteiger partial charge in [-0.25, -0.2) is 4.39 Å². The molecule has 0 aliphatic heterocycles. The molecule has 2 aromatic rings. The summed E-state index contributed by atoms with van der Waals surface area (Å²) in [7, 11) is 1.56. The zero-order valence-corrected chi connectivity index (χ0v) is 10.5. The molecule has 0 spiro atoms. The molecule has 0 unspecified atom stereocenters. The third-order valence-corrected chi connectivity index (χ3v) is 2.90. The minimum Gasteiger partial charge on any atom is -0.496 e. The zero-order chi connectivity index (χ0) is 13.1. The number of halogens is 2. The van der Waals surface area contributed by atoms with E-state index in [1.807, 2.05) is 0 Å². The molecular weight excluding hydrogens is 251 g/mol. The van der Waals surface area contributed by atoms with Crippen LogP contribution in [0.5, 0.6) is 5.75 Å². The lowest BCUT2D eigenvalue weighted by Crippen LogP contribution is -1.90. The standard InChI is InChI=1S/C15H10ClFO/c1-3-10-4-7-15(18-2)12(8-10)11-5-6-13(16)14(17)9-11/h1,4-9H,2H3. The van der Waals surface area contributed by atoms with E-state index in [-0.39, 0.29) is 5.02 Å². The molecule has 0 amide bonds. The quantitative estimate of drug-likeness (QED) is 0.738. The van der Waals surface area contributed by atoms with Crippen molar-refractivity contribution in [2.24, 2.45) is 0 Å². The van der Waals surface area contributed by atoms with Crippen molar-refractivity contribution < 1.29 is 9.13 Å². The maximum absolute atomic E-state index is 13.5. The zero-order valence-electron chi connectivity index (χ0n) is 9.71. The van der Waals surface area contributed by atoms with Crippen molar-refractivity contribution in [2.45, 2.75) is 0 Å². The molecule has 0 aliphatic rings. The highest BCUT2D eigenvalue weighted by atomic mass is 35.5. The summed E-state index contributed by atoms with van der Waals surface area (Å²) in [6.45, 7) is 0. The lowest BCUT2D eigenvalue weighted by atomic mass is 10.0. The van der Waals surface area contributed by atoms with Crippen LogP contribution >= 0.6 is 11.6 Å². The highest BCUT2D eigenvalue weighted by molar-refractivity contribution is 6.30. The largest absolute Gasteiger partial charge is 0.496 e. The van der Waals surface area contributed by atoms with Gasteiger partial charge in [0.25, 0.3) is 0 Å². The molecule has 0 N–H and O–H groups in total. The van der Waals surface area contributed by atoms with Crippen LogP contribution in [0.4, 0.5) is 4.39 Å². The Morgan fingerprint density at radius 3 is 2.61 bits per heavy atom. The van der Waals surface area contributed by atoms with Gasteiger partial charge in [-0.05, 0) is 35.9 Å². The van der Waals surface area contributed by atoms with E-state index in [1.54, 1.807) is 31.4 Å². The van der Waals surface area contributed by atoms with Gasteiger partial charge in [0.2, 0.25) is 0 Å². The summed E-state index contributed by atoms with van der Waals surface area (Å²) in [4.78, 5) is 0. The minimum absolute atomic E-state index is 0.0887. The van der Waals surface area contributed by atoms with Crippen molar-refractivity contribution >= 4 is 11.6 Å². The average molecular weight is 261 g/mol. The summed E-state index contributed by atoms with van der Waals surface area (Å²) in [6, 6.07) is 9.91. The second-order valence-corrected chi connectivity index (χ2v) is 4.10. The van der Waals surface area contributed by atoms with Gasteiger partial charge in [0, 0.05) is 11.1 Å². The molecule has 0 atom stereocenters. The Hall–Kier alpha value is -1.98.